The van der Waals surface area contributed by atoms with E-state index in [-0.39, 0.29) is 22.6 Å². The number of rotatable bonds is 4. The van der Waals surface area contributed by atoms with Crippen LogP contribution in [-0.2, 0) is 25.3 Å². The van der Waals surface area contributed by atoms with Crippen molar-refractivity contribution in [1.82, 2.24) is 28.7 Å². The quantitative estimate of drug-likeness (QED) is 0.343. The minimum absolute atomic E-state index is 0.0563. The van der Waals surface area contributed by atoms with Gasteiger partial charge in [-0.15, -0.1) is 0 Å². The van der Waals surface area contributed by atoms with Crippen LogP contribution >= 0.6 is 11.8 Å². The molecule has 4 aromatic rings. The van der Waals surface area contributed by atoms with Crippen molar-refractivity contribution in [3.63, 3.8) is 0 Å². The molecule has 1 aromatic carbocycles. The van der Waals surface area contributed by atoms with Gasteiger partial charge in [-0.25, -0.2) is 19.7 Å². The molecule has 0 aliphatic heterocycles. The standard InChI is InChI=1S/C21H22F2N6O2S/c1-21(2,3)18-25-15-14(17(30)28(5)20(31)27(15)4)16(26-18)32-10-13-24-11-8-6-7-9-12(11)29(13)19(22)23/h6-9,19H,10H2,1-5H3. The van der Waals surface area contributed by atoms with Crippen molar-refractivity contribution in [3.05, 3.63) is 56.8 Å². The second-order valence-electron chi connectivity index (χ2n) is 8.46. The molecule has 32 heavy (non-hydrogen) atoms. The Labute approximate surface area is 185 Å². The van der Waals surface area contributed by atoms with Gasteiger partial charge in [0.2, 0.25) is 0 Å². The molecule has 0 saturated heterocycles. The van der Waals surface area contributed by atoms with E-state index >= 15 is 0 Å². The number of hydrogen-bond donors (Lipinski definition) is 0. The van der Waals surface area contributed by atoms with E-state index in [9.17, 15) is 18.4 Å². The summed E-state index contributed by atoms with van der Waals surface area (Å²) in [5, 5.41) is 0.497. The summed E-state index contributed by atoms with van der Waals surface area (Å²) in [6, 6.07) is 6.68. The highest BCUT2D eigenvalue weighted by Crippen LogP contribution is 2.31. The van der Waals surface area contributed by atoms with E-state index in [0.717, 1.165) is 20.9 Å². The van der Waals surface area contributed by atoms with Gasteiger partial charge in [0.1, 0.15) is 22.1 Å². The van der Waals surface area contributed by atoms with Crippen LogP contribution in [0.4, 0.5) is 8.78 Å². The summed E-state index contributed by atoms with van der Waals surface area (Å²) in [4.78, 5) is 38.8. The molecule has 0 spiro atoms. The Morgan fingerprint density at radius 1 is 1.03 bits per heavy atom. The topological polar surface area (TPSA) is 87.6 Å². The van der Waals surface area contributed by atoms with Gasteiger partial charge >= 0.3 is 12.2 Å². The van der Waals surface area contributed by atoms with Crippen LogP contribution in [0.15, 0.2) is 38.9 Å². The summed E-state index contributed by atoms with van der Waals surface area (Å²) in [5.74, 6) is 0.663. The fraction of sp³-hybridized carbons (Fsp3) is 0.381. The SMILES string of the molecule is Cn1c(=O)c2c(SCc3nc4ccccc4n3C(F)F)nc(C(C)(C)C)nc2n(C)c1=O. The number of para-hydroxylation sites is 2. The van der Waals surface area contributed by atoms with E-state index < -0.39 is 23.2 Å². The van der Waals surface area contributed by atoms with E-state index in [4.69, 9.17) is 0 Å². The molecule has 0 unspecified atom stereocenters. The van der Waals surface area contributed by atoms with Crippen molar-refractivity contribution in [3.8, 4) is 0 Å². The summed E-state index contributed by atoms with van der Waals surface area (Å²) >= 11 is 1.12. The molecule has 0 atom stereocenters. The number of aryl methyl sites for hydroxylation is 1. The van der Waals surface area contributed by atoms with Gasteiger partial charge in [0.25, 0.3) is 5.56 Å². The fourth-order valence-electron chi connectivity index (χ4n) is 3.42. The first-order chi connectivity index (χ1) is 15.0. The molecule has 0 radical (unpaired) electrons. The lowest BCUT2D eigenvalue weighted by molar-refractivity contribution is 0.0722. The van der Waals surface area contributed by atoms with Gasteiger partial charge in [-0.05, 0) is 12.1 Å². The Morgan fingerprint density at radius 2 is 1.72 bits per heavy atom. The number of aromatic nitrogens is 6. The lowest BCUT2D eigenvalue weighted by Gasteiger charge is -2.19. The summed E-state index contributed by atoms with van der Waals surface area (Å²) < 4.78 is 30.8. The number of alkyl halides is 2. The van der Waals surface area contributed by atoms with E-state index in [2.05, 4.69) is 15.0 Å². The van der Waals surface area contributed by atoms with Crippen LogP contribution in [0.5, 0.6) is 0 Å². The van der Waals surface area contributed by atoms with Crippen LogP contribution in [0.3, 0.4) is 0 Å². The highest BCUT2D eigenvalue weighted by Gasteiger charge is 2.25. The van der Waals surface area contributed by atoms with E-state index in [1.165, 1.54) is 18.7 Å². The molecule has 11 heteroatoms. The minimum atomic E-state index is -2.76. The predicted octanol–water partition coefficient (Wildman–Crippen LogP) is 3.36. The maximum Gasteiger partial charge on any atom is 0.332 e. The van der Waals surface area contributed by atoms with Gasteiger partial charge in [-0.1, -0.05) is 44.7 Å². The number of halogens is 2. The monoisotopic (exact) mass is 460 g/mol. The lowest BCUT2D eigenvalue weighted by atomic mass is 9.96. The van der Waals surface area contributed by atoms with Crippen molar-refractivity contribution in [1.29, 1.82) is 0 Å². The van der Waals surface area contributed by atoms with Crippen molar-refractivity contribution in [2.75, 3.05) is 0 Å². The van der Waals surface area contributed by atoms with Crippen molar-refractivity contribution in [2.45, 2.75) is 43.5 Å². The normalized spacial score (nSPS) is 12.4. The zero-order chi connectivity index (χ0) is 23.4. The first-order valence-corrected chi connectivity index (χ1v) is 10.8. The first-order valence-electron chi connectivity index (χ1n) is 9.85. The maximum absolute atomic E-state index is 13.8. The smallest absolute Gasteiger partial charge is 0.280 e. The Kier molecular flexibility index (Phi) is 5.40. The van der Waals surface area contributed by atoms with E-state index in [1.807, 2.05) is 20.8 Å². The Morgan fingerprint density at radius 3 is 2.38 bits per heavy atom. The fourth-order valence-corrected chi connectivity index (χ4v) is 4.36. The Balaban J connectivity index is 1.90. The molecular formula is C21H22F2N6O2S. The van der Waals surface area contributed by atoms with Crippen LogP contribution in [0, 0.1) is 0 Å². The third-order valence-electron chi connectivity index (χ3n) is 5.14. The molecule has 0 saturated carbocycles. The molecular weight excluding hydrogens is 438 g/mol. The number of imidazole rings is 1. The van der Waals surface area contributed by atoms with E-state index in [0.29, 0.717) is 21.9 Å². The molecule has 0 fully saturated rings. The molecule has 4 rings (SSSR count). The summed E-state index contributed by atoms with van der Waals surface area (Å²) in [6.45, 7) is 2.98. The van der Waals surface area contributed by atoms with Gasteiger partial charge in [0.05, 0.1) is 16.8 Å². The molecule has 0 aliphatic carbocycles. The third-order valence-corrected chi connectivity index (χ3v) is 6.11. The Hall–Kier alpha value is -3.08. The van der Waals surface area contributed by atoms with E-state index in [1.54, 1.807) is 24.3 Å². The zero-order valence-corrected chi connectivity index (χ0v) is 19.1. The zero-order valence-electron chi connectivity index (χ0n) is 18.3. The molecule has 0 aliphatic rings. The third kappa shape index (κ3) is 3.60. The molecule has 168 valence electrons. The van der Waals surface area contributed by atoms with Crippen molar-refractivity contribution >= 4 is 33.8 Å². The largest absolute Gasteiger partial charge is 0.332 e. The number of nitrogens with zero attached hydrogens (tertiary/aromatic N) is 6. The molecule has 3 heterocycles. The molecule has 0 bridgehead atoms. The summed E-state index contributed by atoms with van der Waals surface area (Å²) in [6.07, 6.45) is 0. The lowest BCUT2D eigenvalue weighted by Crippen LogP contribution is -2.38. The average molecular weight is 461 g/mol. The van der Waals surface area contributed by atoms with Crippen LogP contribution in [0.1, 0.15) is 39.0 Å². The highest BCUT2D eigenvalue weighted by molar-refractivity contribution is 7.98. The second-order valence-corrected chi connectivity index (χ2v) is 9.42. The molecule has 0 N–H and O–H groups in total. The van der Waals surface area contributed by atoms with Crippen LogP contribution in [0.2, 0.25) is 0 Å². The van der Waals surface area contributed by atoms with Gasteiger partial charge in [0, 0.05) is 19.5 Å². The predicted molar refractivity (Wildman–Crippen MR) is 119 cm³/mol. The van der Waals surface area contributed by atoms with Gasteiger partial charge < -0.3 is 0 Å². The van der Waals surface area contributed by atoms with Gasteiger partial charge in [0.15, 0.2) is 5.65 Å². The number of hydrogen-bond acceptors (Lipinski definition) is 6. The minimum Gasteiger partial charge on any atom is -0.280 e. The molecule has 3 aromatic heterocycles. The molecule has 8 nitrogen and oxygen atoms in total. The van der Waals surface area contributed by atoms with Crippen molar-refractivity contribution < 1.29 is 8.78 Å². The van der Waals surface area contributed by atoms with Crippen LogP contribution in [0.25, 0.3) is 22.1 Å². The first kappa shape index (κ1) is 22.1. The van der Waals surface area contributed by atoms with Crippen LogP contribution in [-0.4, -0.2) is 28.7 Å². The molecule has 0 amide bonds. The Bertz CT molecular complexity index is 1470. The summed E-state index contributed by atoms with van der Waals surface area (Å²) in [5.41, 5.74) is -0.492. The van der Waals surface area contributed by atoms with Crippen LogP contribution < -0.4 is 11.2 Å². The van der Waals surface area contributed by atoms with Crippen molar-refractivity contribution in [2.24, 2.45) is 14.1 Å². The second kappa shape index (κ2) is 7.80. The average Bonchev–Trinajstić information content (AvgIpc) is 3.12. The number of thioether (sulfide) groups is 1. The van der Waals surface area contributed by atoms with Gasteiger partial charge in [-0.2, -0.15) is 8.78 Å². The maximum atomic E-state index is 13.8. The summed E-state index contributed by atoms with van der Waals surface area (Å²) in [7, 11) is 2.92. The number of fused-ring (bicyclic) bond motifs is 2. The number of benzene rings is 1. The van der Waals surface area contributed by atoms with Gasteiger partial charge in [-0.3, -0.25) is 18.5 Å². The highest BCUT2D eigenvalue weighted by atomic mass is 32.2.